The van der Waals surface area contributed by atoms with E-state index in [0.29, 0.717) is 12.1 Å². The van der Waals surface area contributed by atoms with Gasteiger partial charge >= 0.3 is 143 Å². The zero-order valence-electron chi connectivity index (χ0n) is 13.0. The van der Waals surface area contributed by atoms with Crippen LogP contribution >= 0.6 is 0 Å². The van der Waals surface area contributed by atoms with Gasteiger partial charge in [-0.05, 0) is 0 Å². The van der Waals surface area contributed by atoms with E-state index in [4.69, 9.17) is 15.1 Å². The van der Waals surface area contributed by atoms with E-state index >= 15 is 0 Å². The number of alkyl halides is 9. The van der Waals surface area contributed by atoms with E-state index in [0.717, 1.165) is 0 Å². The van der Waals surface area contributed by atoms with Gasteiger partial charge in [-0.3, -0.25) is 0 Å². The Bertz CT molecular complexity index is 584. The average molecular weight is 410 g/mol. The van der Waals surface area contributed by atoms with E-state index < -0.39 is 42.6 Å². The summed E-state index contributed by atoms with van der Waals surface area (Å²) in [5.41, 5.74) is -8.06. The van der Waals surface area contributed by atoms with Crippen molar-refractivity contribution in [3.8, 4) is 0 Å². The van der Waals surface area contributed by atoms with Crippen LogP contribution in [0, 0.1) is 0 Å². The van der Waals surface area contributed by atoms with Gasteiger partial charge in [-0.2, -0.15) is 0 Å². The summed E-state index contributed by atoms with van der Waals surface area (Å²) in [6.45, 7) is 0. The molecule has 144 valence electrons. The first-order valence-electron chi connectivity index (χ1n) is 6.32. The van der Waals surface area contributed by atoms with Crippen molar-refractivity contribution in [1.29, 1.82) is 0 Å². The molecular weight excluding hydrogens is 401 g/mol. The van der Waals surface area contributed by atoms with Crippen molar-refractivity contribution >= 4 is 38.1 Å². The normalized spacial score (nSPS) is 13.2. The number of hydrogen-bond acceptors (Lipinski definition) is 4. The first-order chi connectivity index (χ1) is 11.4. The number of rotatable bonds is 2. The first-order valence-corrected chi connectivity index (χ1v) is 7.32. The summed E-state index contributed by atoms with van der Waals surface area (Å²) in [6.07, 6.45) is -17.1. The third kappa shape index (κ3) is 6.01. The molecule has 0 aliphatic heterocycles. The third-order valence-electron chi connectivity index (χ3n) is 2.92. The van der Waals surface area contributed by atoms with Gasteiger partial charge in [-0.25, -0.2) is 0 Å². The van der Waals surface area contributed by atoms with Crippen LogP contribution in [0.3, 0.4) is 0 Å². The first kappa shape index (κ1) is 25.5. The zero-order valence-corrected chi connectivity index (χ0v) is 15.0. The molecule has 4 nitrogen and oxygen atoms in total. The van der Waals surface area contributed by atoms with E-state index in [9.17, 15) is 39.5 Å². The van der Waals surface area contributed by atoms with Gasteiger partial charge in [0.15, 0.2) is 0 Å². The second kappa shape index (κ2) is 8.67. The zero-order chi connectivity index (χ0) is 21.1. The van der Waals surface area contributed by atoms with Crippen LogP contribution in [-0.2, 0) is 16.5 Å². The van der Waals surface area contributed by atoms with Gasteiger partial charge in [0.05, 0.1) is 0 Å². The summed E-state index contributed by atoms with van der Waals surface area (Å²) in [4.78, 5) is 0. The van der Waals surface area contributed by atoms with Gasteiger partial charge in [-0.15, -0.1) is 0 Å². The Labute approximate surface area is 158 Å². The van der Waals surface area contributed by atoms with Crippen LogP contribution < -0.4 is 2.81 Å². The van der Waals surface area contributed by atoms with Crippen molar-refractivity contribution in [2.24, 2.45) is 0 Å². The molecule has 0 spiro atoms. The van der Waals surface area contributed by atoms with Crippen molar-refractivity contribution in [1.82, 2.24) is 0 Å². The topological polar surface area (TPSA) is 69.9 Å². The largest absolute Gasteiger partial charge is 0.631 e. The minimum Gasteiger partial charge on any atom is -0.402 e. The minimum atomic E-state index is -5.99. The smallest absolute Gasteiger partial charge is 0.402 e. The van der Waals surface area contributed by atoms with E-state index in [1.807, 2.05) is 0 Å². The number of halogens is 9. The number of methoxy groups -OCH3 is 1. The molecule has 0 amide bonds. The predicted molar refractivity (Wildman–Crippen MR) is 70.0 cm³/mol. The summed E-state index contributed by atoms with van der Waals surface area (Å²) in [5, 5.41) is 21.5. The van der Waals surface area contributed by atoms with Crippen LogP contribution in [0.2, 0.25) is 0 Å². The fourth-order valence-corrected chi connectivity index (χ4v) is 2.61. The Morgan fingerprint density at radius 3 is 1.42 bits per heavy atom. The van der Waals surface area contributed by atoms with Crippen LogP contribution in [0.15, 0.2) is 18.2 Å². The van der Waals surface area contributed by atoms with Crippen LogP contribution in [-0.4, -0.2) is 69.8 Å². The van der Waals surface area contributed by atoms with E-state index in [-0.39, 0.29) is 43.9 Å². The fraction of sp³-hybridized carbons (Fsp3) is 0.455. The summed E-state index contributed by atoms with van der Waals surface area (Å²) >= 11 is -0.176. The molecule has 0 atom stereocenters. The predicted octanol–water partition coefficient (Wildman–Crippen LogP) is 1.41. The Balaban J connectivity index is 0.00000141. The molecule has 0 saturated heterocycles. The van der Waals surface area contributed by atoms with Crippen LogP contribution in [0.5, 0.6) is 0 Å². The second-order valence-electron chi connectivity index (χ2n) is 4.81. The third-order valence-corrected chi connectivity index (χ3v) is 3.49. The van der Waals surface area contributed by atoms with Gasteiger partial charge in [0.2, 0.25) is 0 Å². The molecule has 0 unspecified atom stereocenters. The van der Waals surface area contributed by atoms with Gasteiger partial charge in [0.1, 0.15) is 0 Å². The number of hydrogen-bond donors (Lipinski definition) is 3. The van der Waals surface area contributed by atoms with E-state index in [2.05, 4.69) is 4.74 Å². The summed E-state index contributed by atoms with van der Waals surface area (Å²) in [7, 11) is -2.02. The molecule has 0 fully saturated rings. The van der Waals surface area contributed by atoms with Crippen molar-refractivity contribution in [2.75, 3.05) is 7.11 Å². The van der Waals surface area contributed by atoms with Crippen molar-refractivity contribution in [2.45, 2.75) is 24.1 Å². The molecular formula is C11H9BF9NaO4. The monoisotopic (exact) mass is 410 g/mol. The molecule has 0 bridgehead atoms. The molecule has 0 radical (unpaired) electrons. The van der Waals surface area contributed by atoms with Crippen molar-refractivity contribution in [3.63, 3.8) is 0 Å². The Kier molecular flexibility index (Phi) is 8.50. The van der Waals surface area contributed by atoms with E-state index in [1.165, 1.54) is 0 Å². The fourth-order valence-electron chi connectivity index (χ4n) is 1.99. The molecule has 3 N–H and O–H groups in total. The van der Waals surface area contributed by atoms with Gasteiger partial charge in [-0.1, -0.05) is 0 Å². The Morgan fingerprint density at radius 2 is 1.15 bits per heavy atom. The molecule has 0 aliphatic rings. The van der Waals surface area contributed by atoms with Crippen LogP contribution in [0.1, 0.15) is 11.1 Å². The van der Waals surface area contributed by atoms with E-state index in [1.54, 1.807) is 0 Å². The standard InChI is InChI=1S/C11H6F9O.BH3O3.Na/c1-21-8(10(15,16)17,11(18,19)20)6-3-2-4-7(5-6)9(12,13)14;2-1(3)4;/h3-5H,1H3;2-4H;. The number of ether oxygens (including phenoxy) is 1. The molecule has 0 aliphatic carbocycles. The summed E-state index contributed by atoms with van der Waals surface area (Å²) in [5.74, 6) is 0. The van der Waals surface area contributed by atoms with Crippen LogP contribution in [0.4, 0.5) is 39.5 Å². The molecule has 0 aromatic heterocycles. The summed E-state index contributed by atoms with van der Waals surface area (Å²) in [6, 6.07) is 0.737. The maximum absolute atomic E-state index is 13.0. The Hall–Kier alpha value is -0.505. The quantitative estimate of drug-likeness (QED) is 0.510. The molecule has 1 aromatic rings. The van der Waals surface area contributed by atoms with Gasteiger partial charge in [0, 0.05) is 0 Å². The molecule has 0 saturated carbocycles. The maximum Gasteiger partial charge on any atom is 0.631 e. The molecule has 15 heteroatoms. The van der Waals surface area contributed by atoms with Gasteiger partial charge < -0.3 is 15.1 Å². The molecule has 26 heavy (non-hydrogen) atoms. The average Bonchev–Trinajstić information content (AvgIpc) is 2.33. The van der Waals surface area contributed by atoms with Crippen molar-refractivity contribution < 1.29 is 59.3 Å². The number of benzene rings is 1. The Morgan fingerprint density at radius 1 is 0.808 bits per heavy atom. The second-order valence-corrected chi connectivity index (χ2v) is 5.97. The van der Waals surface area contributed by atoms with Crippen LogP contribution in [0.25, 0.3) is 0 Å². The molecule has 0 heterocycles. The van der Waals surface area contributed by atoms with Crippen molar-refractivity contribution in [3.05, 3.63) is 29.3 Å². The molecule has 1 rings (SSSR count). The maximum atomic E-state index is 13.0. The van der Waals surface area contributed by atoms with Gasteiger partial charge in [0.25, 0.3) is 0 Å². The minimum absolute atomic E-state index is 0.147. The molecule has 1 aromatic carbocycles. The SMILES string of the molecule is COC(c1c[c]([Na])cc(C(F)(F)F)c1)(C(F)(F)F)C(F)(F)F.OB(O)O. The summed E-state index contributed by atoms with van der Waals surface area (Å²) < 4.78 is 119.